The predicted molar refractivity (Wildman–Crippen MR) is 72.7 cm³/mol. The average molecular weight is 251 g/mol. The highest BCUT2D eigenvalue weighted by molar-refractivity contribution is 5.61. The van der Waals surface area contributed by atoms with Crippen LogP contribution in [0.3, 0.4) is 0 Å². The van der Waals surface area contributed by atoms with Crippen molar-refractivity contribution >= 4 is 11.4 Å². The summed E-state index contributed by atoms with van der Waals surface area (Å²) in [5.74, 6) is 0.802. The van der Waals surface area contributed by atoms with E-state index in [0.717, 1.165) is 5.69 Å². The van der Waals surface area contributed by atoms with Gasteiger partial charge in [0.25, 0.3) is 0 Å². The number of anilines is 1. The highest BCUT2D eigenvalue weighted by Gasteiger charge is 2.22. The van der Waals surface area contributed by atoms with Crippen LogP contribution in [0, 0.1) is 28.9 Å². The van der Waals surface area contributed by atoms with Gasteiger partial charge < -0.3 is 5.32 Å². The summed E-state index contributed by atoms with van der Waals surface area (Å²) in [5, 5.41) is 14.3. The van der Waals surface area contributed by atoms with Gasteiger partial charge in [-0.25, -0.2) is 0 Å². The quantitative estimate of drug-likeness (QED) is 0.643. The summed E-state index contributed by atoms with van der Waals surface area (Å²) in [4.78, 5) is 14.6. The Morgan fingerprint density at radius 3 is 2.28 bits per heavy atom. The van der Waals surface area contributed by atoms with Gasteiger partial charge in [0.1, 0.15) is 11.9 Å². The maximum Gasteiger partial charge on any atom is 0.310 e. The van der Waals surface area contributed by atoms with Crippen LogP contribution < -0.4 is 5.32 Å². The average Bonchev–Trinajstić information content (AvgIpc) is 2.24. The molecule has 0 atom stereocenters. The maximum atomic E-state index is 11.0. The molecule has 0 bridgehead atoms. The molecule has 0 saturated heterocycles. The second-order valence-electron chi connectivity index (χ2n) is 5.26. The van der Waals surface area contributed by atoms with Crippen LogP contribution in [0.5, 0.6) is 0 Å². The zero-order valence-electron chi connectivity index (χ0n) is 11.6. The Balaban J connectivity index is 3.08. The first-order chi connectivity index (χ1) is 8.32. The lowest BCUT2D eigenvalue weighted by Gasteiger charge is -2.27. The first-order valence-electron chi connectivity index (χ1n) is 6.20. The molecule has 0 spiro atoms. The Bertz CT molecular complexity index is 422. The minimum Gasteiger partial charge on any atom is -0.376 e. The Labute approximate surface area is 108 Å². The second kappa shape index (κ2) is 5.80. The number of rotatable bonds is 5. The zero-order valence-corrected chi connectivity index (χ0v) is 11.6. The number of nitrogens with zero attached hydrogens (tertiary/aromatic N) is 2. The molecule has 0 aliphatic heterocycles. The lowest BCUT2D eigenvalue weighted by atomic mass is 9.93. The van der Waals surface area contributed by atoms with Gasteiger partial charge in [0.15, 0.2) is 0 Å². The van der Waals surface area contributed by atoms with Gasteiger partial charge in [-0.15, -0.1) is 0 Å². The zero-order chi connectivity index (χ0) is 13.9. The van der Waals surface area contributed by atoms with Gasteiger partial charge in [0.2, 0.25) is 0 Å². The van der Waals surface area contributed by atoms with Crippen molar-refractivity contribution in [3.05, 3.63) is 28.1 Å². The van der Waals surface area contributed by atoms with E-state index in [9.17, 15) is 10.1 Å². The van der Waals surface area contributed by atoms with E-state index in [4.69, 9.17) is 0 Å². The van der Waals surface area contributed by atoms with Crippen molar-refractivity contribution in [2.24, 2.45) is 11.8 Å². The van der Waals surface area contributed by atoms with Crippen molar-refractivity contribution in [3.63, 3.8) is 0 Å². The van der Waals surface area contributed by atoms with Crippen molar-refractivity contribution in [2.75, 3.05) is 5.32 Å². The summed E-state index contributed by atoms with van der Waals surface area (Å²) in [6, 6.07) is 1.93. The molecular formula is C13H21N3O2. The first-order valence-corrected chi connectivity index (χ1v) is 6.20. The van der Waals surface area contributed by atoms with E-state index in [0.29, 0.717) is 17.5 Å². The number of nitrogens with one attached hydrogen (secondary N) is 1. The Hall–Kier alpha value is -1.65. The highest BCUT2D eigenvalue weighted by Crippen LogP contribution is 2.27. The van der Waals surface area contributed by atoms with Crippen LogP contribution in [0.15, 0.2) is 12.3 Å². The molecule has 0 saturated carbocycles. The fourth-order valence-corrected chi connectivity index (χ4v) is 2.10. The largest absolute Gasteiger partial charge is 0.376 e. The van der Waals surface area contributed by atoms with Gasteiger partial charge in [-0.05, 0) is 24.8 Å². The molecule has 0 aliphatic carbocycles. The van der Waals surface area contributed by atoms with Crippen molar-refractivity contribution in [3.8, 4) is 0 Å². The molecule has 1 aromatic rings. The topological polar surface area (TPSA) is 68.1 Å². The first kappa shape index (κ1) is 14.4. The van der Waals surface area contributed by atoms with Gasteiger partial charge in [-0.3, -0.25) is 15.1 Å². The number of aryl methyl sites for hydroxylation is 1. The smallest absolute Gasteiger partial charge is 0.310 e. The molecular weight excluding hydrogens is 230 g/mol. The maximum absolute atomic E-state index is 11.0. The van der Waals surface area contributed by atoms with Crippen LogP contribution in [0.1, 0.15) is 33.4 Å². The summed E-state index contributed by atoms with van der Waals surface area (Å²) >= 11 is 0. The van der Waals surface area contributed by atoms with Crippen LogP contribution in [0.2, 0.25) is 0 Å². The van der Waals surface area contributed by atoms with Crippen molar-refractivity contribution in [1.29, 1.82) is 0 Å². The van der Waals surface area contributed by atoms with Crippen LogP contribution in [0.4, 0.5) is 11.4 Å². The molecule has 5 nitrogen and oxygen atoms in total. The summed E-state index contributed by atoms with van der Waals surface area (Å²) in [6.45, 7) is 10.3. The third kappa shape index (κ3) is 3.42. The molecule has 1 N–H and O–H groups in total. The minimum absolute atomic E-state index is 0.0342. The highest BCUT2D eigenvalue weighted by atomic mass is 16.6. The minimum atomic E-state index is -0.396. The van der Waals surface area contributed by atoms with E-state index in [1.807, 2.05) is 6.92 Å². The van der Waals surface area contributed by atoms with Gasteiger partial charge in [0, 0.05) is 11.7 Å². The molecule has 18 heavy (non-hydrogen) atoms. The number of hydrogen-bond donors (Lipinski definition) is 1. The van der Waals surface area contributed by atoms with Crippen LogP contribution in [-0.4, -0.2) is 15.9 Å². The second-order valence-corrected chi connectivity index (χ2v) is 5.26. The van der Waals surface area contributed by atoms with Gasteiger partial charge in [-0.1, -0.05) is 27.7 Å². The molecule has 0 amide bonds. The lowest BCUT2D eigenvalue weighted by molar-refractivity contribution is -0.384. The van der Waals surface area contributed by atoms with Crippen LogP contribution in [-0.2, 0) is 0 Å². The SMILES string of the molecule is Cc1cc(NC(C(C)C)C(C)C)c([N+](=O)[O-])cn1. The fourth-order valence-electron chi connectivity index (χ4n) is 2.10. The van der Waals surface area contributed by atoms with E-state index in [-0.39, 0.29) is 11.7 Å². The molecule has 1 heterocycles. The number of hydrogen-bond acceptors (Lipinski definition) is 4. The normalized spacial score (nSPS) is 11.3. The molecule has 1 aromatic heterocycles. The van der Waals surface area contributed by atoms with Crippen molar-refractivity contribution in [2.45, 2.75) is 40.7 Å². The summed E-state index contributed by atoms with van der Waals surface area (Å²) in [6.07, 6.45) is 1.31. The number of nitro groups is 1. The third-order valence-electron chi connectivity index (χ3n) is 2.97. The van der Waals surface area contributed by atoms with Gasteiger partial charge >= 0.3 is 5.69 Å². The van der Waals surface area contributed by atoms with Gasteiger partial charge in [-0.2, -0.15) is 0 Å². The molecule has 0 aliphatic rings. The van der Waals surface area contributed by atoms with Crippen molar-refractivity contribution < 1.29 is 4.92 Å². The van der Waals surface area contributed by atoms with Gasteiger partial charge in [0.05, 0.1) is 4.92 Å². The molecule has 0 radical (unpaired) electrons. The van der Waals surface area contributed by atoms with Crippen LogP contribution in [0.25, 0.3) is 0 Å². The third-order valence-corrected chi connectivity index (χ3v) is 2.97. The number of pyridine rings is 1. The van der Waals surface area contributed by atoms with Crippen LogP contribution >= 0.6 is 0 Å². The molecule has 0 aromatic carbocycles. The Kier molecular flexibility index (Phi) is 4.64. The van der Waals surface area contributed by atoms with Crippen molar-refractivity contribution in [1.82, 2.24) is 4.98 Å². The summed E-state index contributed by atoms with van der Waals surface area (Å²) in [5.41, 5.74) is 1.36. The predicted octanol–water partition coefficient (Wildman–Crippen LogP) is 3.39. The molecule has 100 valence electrons. The molecule has 0 fully saturated rings. The van der Waals surface area contributed by atoms with E-state index < -0.39 is 4.92 Å². The van der Waals surface area contributed by atoms with E-state index in [1.54, 1.807) is 6.07 Å². The molecule has 5 heteroatoms. The molecule has 1 rings (SSSR count). The fraction of sp³-hybridized carbons (Fsp3) is 0.615. The number of aromatic nitrogens is 1. The Morgan fingerprint density at radius 1 is 1.28 bits per heavy atom. The Morgan fingerprint density at radius 2 is 1.83 bits per heavy atom. The summed E-state index contributed by atoms with van der Waals surface area (Å²) in [7, 11) is 0. The van der Waals surface area contributed by atoms with E-state index >= 15 is 0 Å². The monoisotopic (exact) mass is 251 g/mol. The van der Waals surface area contributed by atoms with E-state index in [1.165, 1.54) is 6.20 Å². The lowest BCUT2D eigenvalue weighted by Crippen LogP contribution is -2.31. The summed E-state index contributed by atoms with van der Waals surface area (Å²) < 4.78 is 0. The van der Waals surface area contributed by atoms with E-state index in [2.05, 4.69) is 38.0 Å². The molecule has 0 unspecified atom stereocenters. The standard InChI is InChI=1S/C13H21N3O2/c1-8(2)13(9(3)4)15-11-6-10(5)14-7-12(11)16(17)18/h6-9,13H,1-5H3,(H,14,15).